The molecule has 1 fully saturated rings. The number of hydrogen-bond acceptors (Lipinski definition) is 7. The van der Waals surface area contributed by atoms with Crippen LogP contribution in [0.3, 0.4) is 0 Å². The minimum atomic E-state index is -5.30. The summed E-state index contributed by atoms with van der Waals surface area (Å²) in [7, 11) is 0. The zero-order valence-corrected chi connectivity index (χ0v) is 21.7. The van der Waals surface area contributed by atoms with Crippen LogP contribution in [0.5, 0.6) is 5.75 Å². The summed E-state index contributed by atoms with van der Waals surface area (Å²) in [5.41, 5.74) is -0.0915. The number of alkyl halides is 3. The van der Waals surface area contributed by atoms with Gasteiger partial charge in [-0.1, -0.05) is 0 Å². The molecule has 3 aromatic rings. The van der Waals surface area contributed by atoms with E-state index in [0.717, 1.165) is 47.4 Å². The van der Waals surface area contributed by atoms with Gasteiger partial charge in [-0.05, 0) is 57.0 Å². The van der Waals surface area contributed by atoms with E-state index in [4.69, 9.17) is 10.5 Å². The number of rotatable bonds is 7. The minimum absolute atomic E-state index is 0.00638. The zero-order valence-electron chi connectivity index (χ0n) is 20.9. The van der Waals surface area contributed by atoms with Crippen molar-refractivity contribution in [1.29, 1.82) is 0 Å². The van der Waals surface area contributed by atoms with E-state index in [1.54, 1.807) is 6.92 Å². The van der Waals surface area contributed by atoms with Gasteiger partial charge >= 0.3 is 6.18 Å². The molecule has 0 saturated heterocycles. The Morgan fingerprint density at radius 2 is 1.90 bits per heavy atom. The van der Waals surface area contributed by atoms with Crippen LogP contribution in [0.25, 0.3) is 11.3 Å². The maximum Gasteiger partial charge on any atom is 0.424 e. The molecule has 8 nitrogen and oxygen atoms in total. The molecule has 0 spiro atoms. The summed E-state index contributed by atoms with van der Waals surface area (Å²) in [6, 6.07) is 5.65. The lowest BCUT2D eigenvalue weighted by Gasteiger charge is -2.31. The number of primary amides is 1. The number of thiazole rings is 1. The van der Waals surface area contributed by atoms with Crippen LogP contribution in [0, 0.1) is 12.7 Å². The Kier molecular flexibility index (Phi) is 6.41. The Hall–Kier alpha value is -3.58. The summed E-state index contributed by atoms with van der Waals surface area (Å²) in [5.74, 6) is -2.02. The van der Waals surface area contributed by atoms with E-state index in [1.807, 2.05) is 0 Å². The average Bonchev–Trinajstić information content (AvgIpc) is 3.57. The summed E-state index contributed by atoms with van der Waals surface area (Å²) >= 11 is 1.11. The number of fused-ring (bicyclic) bond motifs is 1. The second-order valence-corrected chi connectivity index (χ2v) is 11.0. The van der Waals surface area contributed by atoms with E-state index in [9.17, 15) is 32.3 Å². The molecule has 4 N–H and O–H groups in total. The summed E-state index contributed by atoms with van der Waals surface area (Å²) in [6.45, 7) is 1.45. The number of ether oxygens (including phenoxy) is 1. The van der Waals surface area contributed by atoms with Crippen LogP contribution in [0.1, 0.15) is 57.3 Å². The molecule has 1 aromatic carbocycles. The SMILES string of the molecule is Cc1nc(C2CC2)sc1C(=O)NC[C@](O)(c1cc2c(c(-c3ccc(F)cc3)n1)OC[C@]2(C)C(N)=O)C(F)(F)F. The first kappa shape index (κ1) is 27.0. The number of benzene rings is 1. The van der Waals surface area contributed by atoms with E-state index in [0.29, 0.717) is 5.69 Å². The van der Waals surface area contributed by atoms with Gasteiger partial charge < -0.3 is 20.9 Å². The normalized spacial score (nSPS) is 20.2. The molecule has 2 aliphatic rings. The molecule has 0 bridgehead atoms. The number of halogens is 4. The smallest absolute Gasteiger partial charge is 0.424 e. The van der Waals surface area contributed by atoms with E-state index in [1.165, 1.54) is 19.1 Å². The van der Waals surface area contributed by atoms with Gasteiger partial charge in [-0.25, -0.2) is 14.4 Å². The van der Waals surface area contributed by atoms with Gasteiger partial charge in [-0.2, -0.15) is 13.2 Å². The molecule has 206 valence electrons. The van der Waals surface area contributed by atoms with Crippen molar-refractivity contribution in [3.05, 3.63) is 63.0 Å². The fourth-order valence-corrected chi connectivity index (χ4v) is 5.51. The average molecular weight is 565 g/mol. The van der Waals surface area contributed by atoms with E-state index in [-0.39, 0.29) is 40.0 Å². The van der Waals surface area contributed by atoms with Gasteiger partial charge in [0.2, 0.25) is 11.5 Å². The number of aromatic nitrogens is 2. The number of hydrogen-bond donors (Lipinski definition) is 3. The number of carbonyl (C=O) groups excluding carboxylic acids is 2. The maximum absolute atomic E-state index is 14.5. The third-order valence-corrected chi connectivity index (χ3v) is 8.40. The van der Waals surface area contributed by atoms with Crippen molar-refractivity contribution in [2.24, 2.45) is 5.73 Å². The summed E-state index contributed by atoms with van der Waals surface area (Å²) in [6.07, 6.45) is -3.42. The molecule has 0 radical (unpaired) electrons. The van der Waals surface area contributed by atoms with Crippen molar-refractivity contribution < 1.29 is 37.0 Å². The first-order chi connectivity index (χ1) is 18.2. The number of aryl methyl sites for hydroxylation is 1. The van der Waals surface area contributed by atoms with Crippen LogP contribution in [0.2, 0.25) is 0 Å². The first-order valence-electron chi connectivity index (χ1n) is 12.0. The third kappa shape index (κ3) is 4.63. The van der Waals surface area contributed by atoms with Gasteiger partial charge in [-0.15, -0.1) is 11.3 Å². The monoisotopic (exact) mass is 564 g/mol. The van der Waals surface area contributed by atoms with Gasteiger partial charge in [-0.3, -0.25) is 9.59 Å². The molecule has 3 heterocycles. The number of pyridine rings is 1. The van der Waals surface area contributed by atoms with E-state index < -0.39 is 47.1 Å². The number of carbonyl (C=O) groups is 2. The van der Waals surface area contributed by atoms with Crippen LogP contribution >= 0.6 is 11.3 Å². The van der Waals surface area contributed by atoms with Crippen LogP contribution in [-0.2, 0) is 15.8 Å². The molecule has 13 heteroatoms. The number of nitrogens with one attached hydrogen (secondary N) is 1. The lowest BCUT2D eigenvalue weighted by atomic mass is 9.81. The Bertz CT molecular complexity index is 1470. The number of aliphatic hydroxyl groups is 1. The molecular weight excluding hydrogens is 540 g/mol. The fraction of sp³-hybridized carbons (Fsp3) is 0.385. The second-order valence-electron chi connectivity index (χ2n) is 10.0. The fourth-order valence-electron chi connectivity index (χ4n) is 4.36. The lowest BCUT2D eigenvalue weighted by Crippen LogP contribution is -2.51. The maximum atomic E-state index is 14.5. The predicted molar refractivity (Wildman–Crippen MR) is 133 cm³/mol. The van der Waals surface area contributed by atoms with Crippen molar-refractivity contribution in [1.82, 2.24) is 15.3 Å². The Morgan fingerprint density at radius 3 is 2.49 bits per heavy atom. The molecule has 0 unspecified atom stereocenters. The summed E-state index contributed by atoms with van der Waals surface area (Å²) in [5, 5.41) is 14.0. The molecular formula is C26H24F4N4O4S. The number of nitrogens with zero attached hydrogens (tertiary/aromatic N) is 2. The van der Waals surface area contributed by atoms with Crippen molar-refractivity contribution in [3.63, 3.8) is 0 Å². The molecule has 2 amide bonds. The van der Waals surface area contributed by atoms with Crippen molar-refractivity contribution in [2.45, 2.75) is 49.8 Å². The zero-order chi connectivity index (χ0) is 28.3. The van der Waals surface area contributed by atoms with Crippen LogP contribution in [0.15, 0.2) is 30.3 Å². The standard InChI is InChI=1S/C26H24F4N4O4S/c1-12-20(39-22(33-12)14-3-4-14)21(35)32-10-25(37,26(28,29)30)17-9-16-19(38-11-24(16,2)23(31)36)18(34-17)13-5-7-15(27)8-6-13/h5-9,14,37H,3-4,10-11H2,1-2H3,(H2,31,36)(H,32,35)/t24-,25-/m0/s1. The second kappa shape index (κ2) is 9.26. The molecule has 2 aromatic heterocycles. The Morgan fingerprint density at radius 1 is 1.23 bits per heavy atom. The van der Waals surface area contributed by atoms with Crippen LogP contribution < -0.4 is 15.8 Å². The highest BCUT2D eigenvalue weighted by molar-refractivity contribution is 7.14. The van der Waals surface area contributed by atoms with Crippen molar-refractivity contribution in [3.8, 4) is 17.0 Å². The molecule has 39 heavy (non-hydrogen) atoms. The lowest BCUT2D eigenvalue weighted by molar-refractivity contribution is -0.265. The highest BCUT2D eigenvalue weighted by atomic mass is 32.1. The molecule has 5 rings (SSSR count). The molecule has 1 aliphatic carbocycles. The van der Waals surface area contributed by atoms with Crippen LogP contribution in [0.4, 0.5) is 17.6 Å². The van der Waals surface area contributed by atoms with Crippen molar-refractivity contribution in [2.75, 3.05) is 13.2 Å². The summed E-state index contributed by atoms with van der Waals surface area (Å²) in [4.78, 5) is 33.8. The van der Waals surface area contributed by atoms with Gasteiger partial charge in [0.15, 0.2) is 0 Å². The minimum Gasteiger partial charge on any atom is -0.489 e. The molecule has 1 saturated carbocycles. The van der Waals surface area contributed by atoms with E-state index >= 15 is 0 Å². The van der Waals surface area contributed by atoms with Crippen molar-refractivity contribution >= 4 is 23.2 Å². The summed E-state index contributed by atoms with van der Waals surface area (Å²) < 4.78 is 62.7. The molecule has 1 aliphatic heterocycles. The topological polar surface area (TPSA) is 127 Å². The van der Waals surface area contributed by atoms with Gasteiger partial charge in [0.25, 0.3) is 5.91 Å². The van der Waals surface area contributed by atoms with Gasteiger partial charge in [0, 0.05) is 17.0 Å². The highest BCUT2D eigenvalue weighted by Crippen LogP contribution is 2.48. The Labute approximate surface area is 224 Å². The number of nitrogens with two attached hydrogens (primary N) is 1. The highest BCUT2D eigenvalue weighted by Gasteiger charge is 2.57. The Balaban J connectivity index is 1.58. The van der Waals surface area contributed by atoms with Gasteiger partial charge in [0.1, 0.15) is 34.2 Å². The largest absolute Gasteiger partial charge is 0.489 e. The quantitative estimate of drug-likeness (QED) is 0.374. The molecule has 2 atom stereocenters. The van der Waals surface area contributed by atoms with Gasteiger partial charge in [0.05, 0.1) is 22.9 Å². The van der Waals surface area contributed by atoms with Crippen LogP contribution in [-0.4, -0.2) is 46.2 Å². The number of amides is 2. The first-order valence-corrected chi connectivity index (χ1v) is 12.9. The predicted octanol–water partition coefficient (Wildman–Crippen LogP) is 3.85. The third-order valence-electron chi connectivity index (χ3n) is 7.08. The van der Waals surface area contributed by atoms with E-state index in [2.05, 4.69) is 15.3 Å².